The Kier molecular flexibility index (Phi) is 1.06. The summed E-state index contributed by atoms with van der Waals surface area (Å²) >= 11 is 0. The van der Waals surface area contributed by atoms with Crippen molar-refractivity contribution in [3.63, 3.8) is 0 Å². The lowest BCUT2D eigenvalue weighted by atomic mass is 10.0. The van der Waals surface area contributed by atoms with E-state index in [0.29, 0.717) is 5.92 Å². The molecule has 2 aliphatic rings. The first kappa shape index (κ1) is 6.16. The Hall–Kier alpha value is -0.570. The Bertz CT molecular complexity index is 170. The number of carbonyl (C=O) groups is 1. The van der Waals surface area contributed by atoms with Crippen LogP contribution in [0.15, 0.2) is 0 Å². The number of nitrogens with one attached hydrogen (secondary N) is 1. The number of rotatable bonds is 1. The molecule has 3 heteroatoms. The van der Waals surface area contributed by atoms with Crippen LogP contribution in [0.2, 0.25) is 0 Å². The normalized spacial score (nSPS) is 44.2. The van der Waals surface area contributed by atoms with Crippen molar-refractivity contribution in [2.45, 2.75) is 24.8 Å². The predicted molar refractivity (Wildman–Crippen MR) is 35.7 cm³/mol. The molecule has 3 nitrogen and oxygen atoms in total. The summed E-state index contributed by atoms with van der Waals surface area (Å²) in [6, 6.07) is 0. The number of carboxylic acids is 1. The van der Waals surface area contributed by atoms with Gasteiger partial charge in [-0.05, 0) is 31.7 Å². The zero-order valence-electron chi connectivity index (χ0n) is 5.76. The van der Waals surface area contributed by atoms with Gasteiger partial charge < -0.3 is 10.4 Å². The topological polar surface area (TPSA) is 49.3 Å². The van der Waals surface area contributed by atoms with Crippen molar-refractivity contribution in [2.24, 2.45) is 5.92 Å². The molecule has 0 aromatic carbocycles. The predicted octanol–water partition coefficient (Wildman–Crippen LogP) is 0.213. The van der Waals surface area contributed by atoms with E-state index in [0.717, 1.165) is 25.8 Å². The van der Waals surface area contributed by atoms with Crippen molar-refractivity contribution in [3.8, 4) is 0 Å². The van der Waals surface area contributed by atoms with E-state index in [1.165, 1.54) is 0 Å². The number of hydrogen-bond acceptors (Lipinski definition) is 2. The Labute approximate surface area is 59.4 Å². The number of hydrogen-bond donors (Lipinski definition) is 2. The van der Waals surface area contributed by atoms with Crippen LogP contribution in [0.25, 0.3) is 0 Å². The van der Waals surface area contributed by atoms with Crippen molar-refractivity contribution in [1.82, 2.24) is 5.32 Å². The molecule has 0 unspecified atom stereocenters. The van der Waals surface area contributed by atoms with Gasteiger partial charge in [-0.3, -0.25) is 4.79 Å². The van der Waals surface area contributed by atoms with E-state index in [4.69, 9.17) is 5.11 Å². The summed E-state index contributed by atoms with van der Waals surface area (Å²) in [7, 11) is 0. The minimum atomic E-state index is -0.660. The van der Waals surface area contributed by atoms with Crippen molar-refractivity contribution in [1.29, 1.82) is 0 Å². The highest BCUT2D eigenvalue weighted by molar-refractivity contribution is 5.79. The quantitative estimate of drug-likeness (QED) is 0.549. The molecule has 0 spiro atoms. The van der Waals surface area contributed by atoms with E-state index in [1.807, 2.05) is 0 Å². The third-order valence-corrected chi connectivity index (χ3v) is 2.76. The molecule has 2 fully saturated rings. The van der Waals surface area contributed by atoms with Gasteiger partial charge in [-0.1, -0.05) is 0 Å². The molecule has 2 N–H and O–H groups in total. The van der Waals surface area contributed by atoms with Crippen LogP contribution in [0.5, 0.6) is 0 Å². The van der Waals surface area contributed by atoms with Crippen molar-refractivity contribution < 1.29 is 9.90 Å². The molecule has 0 radical (unpaired) electrons. The Balaban J connectivity index is 2.23. The van der Waals surface area contributed by atoms with E-state index >= 15 is 0 Å². The lowest BCUT2D eigenvalue weighted by Gasteiger charge is -2.21. The van der Waals surface area contributed by atoms with Gasteiger partial charge in [0, 0.05) is 0 Å². The monoisotopic (exact) mass is 141 g/mol. The number of piperidine rings is 1. The first-order valence-corrected chi connectivity index (χ1v) is 3.71. The van der Waals surface area contributed by atoms with Gasteiger partial charge in [-0.25, -0.2) is 0 Å². The fourth-order valence-electron chi connectivity index (χ4n) is 2.09. The summed E-state index contributed by atoms with van der Waals surface area (Å²) in [4.78, 5) is 10.7. The Morgan fingerprint density at radius 2 is 2.50 bits per heavy atom. The summed E-state index contributed by atoms with van der Waals surface area (Å²) in [5.74, 6) is -0.0244. The SMILES string of the molecule is O=C(O)[C@]12CC[C@@H](CN1)C2. The molecule has 0 aromatic heterocycles. The molecule has 1 saturated heterocycles. The van der Waals surface area contributed by atoms with E-state index in [-0.39, 0.29) is 0 Å². The molecule has 2 atom stereocenters. The largest absolute Gasteiger partial charge is 0.480 e. The Morgan fingerprint density at radius 1 is 1.70 bits per heavy atom. The maximum atomic E-state index is 10.7. The summed E-state index contributed by atoms with van der Waals surface area (Å²) < 4.78 is 0. The van der Waals surface area contributed by atoms with Crippen LogP contribution < -0.4 is 5.32 Å². The molecule has 1 aliphatic carbocycles. The van der Waals surface area contributed by atoms with Crippen LogP contribution in [-0.4, -0.2) is 23.2 Å². The van der Waals surface area contributed by atoms with Gasteiger partial charge in [-0.15, -0.1) is 0 Å². The summed E-state index contributed by atoms with van der Waals surface area (Å²) in [5.41, 5.74) is -0.523. The van der Waals surface area contributed by atoms with Gasteiger partial charge in [0.1, 0.15) is 5.54 Å². The number of carboxylic acid groups (broad SMARTS) is 1. The van der Waals surface area contributed by atoms with E-state index < -0.39 is 11.5 Å². The van der Waals surface area contributed by atoms with E-state index in [1.54, 1.807) is 0 Å². The second-order valence-corrected chi connectivity index (χ2v) is 3.38. The first-order valence-electron chi connectivity index (χ1n) is 3.71. The highest BCUT2D eigenvalue weighted by Crippen LogP contribution is 2.39. The van der Waals surface area contributed by atoms with Gasteiger partial charge in [0.25, 0.3) is 0 Å². The van der Waals surface area contributed by atoms with Crippen LogP contribution in [0.1, 0.15) is 19.3 Å². The maximum Gasteiger partial charge on any atom is 0.323 e. The fraction of sp³-hybridized carbons (Fsp3) is 0.857. The first-order chi connectivity index (χ1) is 4.73. The lowest BCUT2D eigenvalue weighted by Crippen LogP contribution is -2.47. The van der Waals surface area contributed by atoms with Crippen molar-refractivity contribution >= 4 is 5.97 Å². The molecule has 2 rings (SSSR count). The van der Waals surface area contributed by atoms with Crippen LogP contribution >= 0.6 is 0 Å². The second kappa shape index (κ2) is 1.72. The summed E-state index contributed by atoms with van der Waals surface area (Å²) in [5, 5.41) is 11.9. The molecular formula is C7H11NO2. The summed E-state index contributed by atoms with van der Waals surface area (Å²) in [6.07, 6.45) is 2.77. The van der Waals surface area contributed by atoms with Crippen molar-refractivity contribution in [3.05, 3.63) is 0 Å². The zero-order chi connectivity index (χ0) is 7.19. The van der Waals surface area contributed by atoms with Crippen molar-refractivity contribution in [2.75, 3.05) is 6.54 Å². The minimum absolute atomic E-state index is 0.523. The summed E-state index contributed by atoms with van der Waals surface area (Å²) in [6.45, 7) is 0.909. The standard InChI is InChI=1S/C7H11NO2/c9-6(10)7-2-1-5(3-7)4-8-7/h5,8H,1-4H2,(H,9,10)/t5-,7-/m1/s1. The number of aliphatic carboxylic acids is 1. The second-order valence-electron chi connectivity index (χ2n) is 3.38. The van der Waals surface area contributed by atoms with Crippen LogP contribution in [0.3, 0.4) is 0 Å². The maximum absolute atomic E-state index is 10.7. The fourth-order valence-corrected chi connectivity index (χ4v) is 2.09. The molecule has 2 bridgehead atoms. The average molecular weight is 141 g/mol. The average Bonchev–Trinajstić information content (AvgIpc) is 2.45. The van der Waals surface area contributed by atoms with Crippen LogP contribution in [-0.2, 0) is 4.79 Å². The molecule has 56 valence electrons. The highest BCUT2D eigenvalue weighted by Gasteiger charge is 2.50. The lowest BCUT2D eigenvalue weighted by molar-refractivity contribution is -0.144. The third-order valence-electron chi connectivity index (χ3n) is 2.76. The molecule has 10 heavy (non-hydrogen) atoms. The van der Waals surface area contributed by atoms with Crippen LogP contribution in [0.4, 0.5) is 0 Å². The third kappa shape index (κ3) is 0.611. The van der Waals surface area contributed by atoms with Gasteiger partial charge in [0.05, 0.1) is 0 Å². The number of fused-ring (bicyclic) bond motifs is 2. The van der Waals surface area contributed by atoms with Gasteiger partial charge >= 0.3 is 5.97 Å². The zero-order valence-corrected chi connectivity index (χ0v) is 5.76. The highest BCUT2D eigenvalue weighted by atomic mass is 16.4. The molecule has 0 amide bonds. The molecular weight excluding hydrogens is 130 g/mol. The molecule has 1 aliphatic heterocycles. The van der Waals surface area contributed by atoms with Crippen LogP contribution in [0, 0.1) is 5.92 Å². The molecule has 1 heterocycles. The minimum Gasteiger partial charge on any atom is -0.480 e. The van der Waals surface area contributed by atoms with E-state index in [9.17, 15) is 4.79 Å². The van der Waals surface area contributed by atoms with E-state index in [2.05, 4.69) is 5.32 Å². The van der Waals surface area contributed by atoms with Gasteiger partial charge in [0.15, 0.2) is 0 Å². The Morgan fingerprint density at radius 3 is 2.70 bits per heavy atom. The molecule has 1 saturated carbocycles. The smallest absolute Gasteiger partial charge is 0.323 e. The van der Waals surface area contributed by atoms with Gasteiger partial charge in [0.2, 0.25) is 0 Å². The molecule has 0 aromatic rings. The van der Waals surface area contributed by atoms with Gasteiger partial charge in [-0.2, -0.15) is 0 Å².